The van der Waals surface area contributed by atoms with Gasteiger partial charge in [-0.2, -0.15) is 0 Å². The Labute approximate surface area is 205 Å². The van der Waals surface area contributed by atoms with Gasteiger partial charge in [-0.25, -0.2) is 4.79 Å². The van der Waals surface area contributed by atoms with Crippen LogP contribution in [0.1, 0.15) is 16.7 Å². The van der Waals surface area contributed by atoms with Crippen LogP contribution in [0.5, 0.6) is 0 Å². The molecule has 7 nitrogen and oxygen atoms in total. The van der Waals surface area contributed by atoms with Crippen LogP contribution in [0.4, 0.5) is 0 Å². The summed E-state index contributed by atoms with van der Waals surface area (Å²) in [6, 6.07) is 28.0. The second-order valence-corrected chi connectivity index (χ2v) is 7.89. The molecule has 0 bridgehead atoms. The Hall–Kier alpha value is -3.36. The Balaban J connectivity index is 1.86. The number of rotatable bonds is 14. The van der Waals surface area contributed by atoms with Crippen molar-refractivity contribution < 1.29 is 33.6 Å². The van der Waals surface area contributed by atoms with E-state index in [4.69, 9.17) is 18.9 Å². The minimum atomic E-state index is -1.70. The van der Waals surface area contributed by atoms with E-state index >= 15 is 0 Å². The quantitative estimate of drug-likeness (QED) is 0.280. The van der Waals surface area contributed by atoms with Crippen molar-refractivity contribution in [3.8, 4) is 0 Å². The number of hydrogen-bond acceptors (Lipinski definition) is 7. The fraction of sp³-hybridized carbons (Fsp3) is 0.286. The monoisotopic (exact) mass is 478 g/mol. The van der Waals surface area contributed by atoms with Crippen molar-refractivity contribution in [2.24, 2.45) is 0 Å². The fourth-order valence-corrected chi connectivity index (χ4v) is 3.51. The Bertz CT molecular complexity index is 1010. The normalized spacial score (nSPS) is 14.5. The fourth-order valence-electron chi connectivity index (χ4n) is 3.51. The van der Waals surface area contributed by atoms with Gasteiger partial charge in [0.2, 0.25) is 0 Å². The highest BCUT2D eigenvalue weighted by atomic mass is 16.6. The van der Waals surface area contributed by atoms with Gasteiger partial charge in [0.05, 0.1) is 26.9 Å². The molecule has 0 fully saturated rings. The zero-order valence-electron chi connectivity index (χ0n) is 19.6. The topological polar surface area (TPSA) is 91.3 Å². The lowest BCUT2D eigenvalue weighted by atomic mass is 10.0. The average Bonchev–Trinajstić information content (AvgIpc) is 2.92. The minimum Gasteiger partial charge on any atom is -0.467 e. The molecular formula is C28H30O7. The summed E-state index contributed by atoms with van der Waals surface area (Å²) in [5.41, 5.74) is 2.53. The molecule has 0 amide bonds. The first-order chi connectivity index (χ1) is 17.1. The van der Waals surface area contributed by atoms with Gasteiger partial charge in [-0.1, -0.05) is 91.0 Å². The first-order valence-electron chi connectivity index (χ1n) is 11.3. The second kappa shape index (κ2) is 14.1. The third-order valence-corrected chi connectivity index (χ3v) is 5.39. The highest BCUT2D eigenvalue weighted by Gasteiger charge is 2.40. The lowest BCUT2D eigenvalue weighted by Gasteiger charge is -2.33. The molecule has 3 aromatic rings. The highest BCUT2D eigenvalue weighted by Crippen LogP contribution is 2.21. The van der Waals surface area contributed by atoms with E-state index < -0.39 is 30.4 Å². The van der Waals surface area contributed by atoms with Crippen molar-refractivity contribution in [2.75, 3.05) is 7.11 Å². The number of carbonyl (C=O) groups excluding carboxylic acids is 2. The maximum Gasteiger partial charge on any atom is 0.337 e. The number of esters is 1. The summed E-state index contributed by atoms with van der Waals surface area (Å²) in [7, 11) is 1.17. The zero-order chi connectivity index (χ0) is 24.9. The van der Waals surface area contributed by atoms with Gasteiger partial charge in [-0.15, -0.1) is 0 Å². The smallest absolute Gasteiger partial charge is 0.337 e. The summed E-state index contributed by atoms with van der Waals surface area (Å²) in [5.74, 6) is -0.899. The van der Waals surface area contributed by atoms with Crippen molar-refractivity contribution in [3.05, 3.63) is 108 Å². The van der Waals surface area contributed by atoms with Crippen molar-refractivity contribution in [1.29, 1.82) is 0 Å². The molecule has 7 heteroatoms. The van der Waals surface area contributed by atoms with Crippen molar-refractivity contribution >= 4 is 12.3 Å². The van der Waals surface area contributed by atoms with Crippen molar-refractivity contribution in [3.63, 3.8) is 0 Å². The van der Waals surface area contributed by atoms with E-state index in [0.717, 1.165) is 16.7 Å². The molecule has 0 aliphatic rings. The largest absolute Gasteiger partial charge is 0.467 e. The van der Waals surface area contributed by atoms with E-state index in [1.807, 2.05) is 91.0 Å². The van der Waals surface area contributed by atoms with Crippen LogP contribution in [0.2, 0.25) is 0 Å². The standard InChI is InChI=1S/C28H30O7/c1-32-28(31)25(30)27(35-20-23-15-9-4-10-16-23)26(34-19-22-13-7-3-8-14-22)24(17-29)33-18-21-11-5-2-6-12-21/h2-17,24-27,30H,18-20H2,1H3/t24-,25+,26+,27+/m0/s1. The molecule has 0 radical (unpaired) electrons. The Morgan fingerprint density at radius 3 is 1.51 bits per heavy atom. The summed E-state index contributed by atoms with van der Waals surface area (Å²) < 4.78 is 22.7. The lowest BCUT2D eigenvalue weighted by molar-refractivity contribution is -0.191. The van der Waals surface area contributed by atoms with Gasteiger partial charge in [-0.3, -0.25) is 0 Å². The summed E-state index contributed by atoms with van der Waals surface area (Å²) >= 11 is 0. The van der Waals surface area contributed by atoms with Crippen LogP contribution in [-0.4, -0.2) is 48.9 Å². The zero-order valence-corrected chi connectivity index (χ0v) is 19.6. The molecule has 0 aliphatic heterocycles. The number of aliphatic hydroxyl groups is 1. The number of benzene rings is 3. The van der Waals surface area contributed by atoms with E-state index in [9.17, 15) is 14.7 Å². The molecule has 3 aromatic carbocycles. The number of methoxy groups -OCH3 is 1. The molecule has 0 unspecified atom stereocenters. The van der Waals surface area contributed by atoms with Crippen LogP contribution < -0.4 is 0 Å². The summed E-state index contributed by atoms with van der Waals surface area (Å²) in [6.07, 6.45) is -4.57. The molecule has 0 aromatic heterocycles. The van der Waals surface area contributed by atoms with E-state index in [0.29, 0.717) is 6.29 Å². The number of hydrogen-bond donors (Lipinski definition) is 1. The van der Waals surface area contributed by atoms with Crippen molar-refractivity contribution in [2.45, 2.75) is 44.2 Å². The number of aldehydes is 1. The first-order valence-corrected chi connectivity index (χ1v) is 11.3. The van der Waals surface area contributed by atoms with E-state index in [1.165, 1.54) is 7.11 Å². The van der Waals surface area contributed by atoms with Crippen LogP contribution in [-0.2, 0) is 48.4 Å². The van der Waals surface area contributed by atoms with E-state index in [2.05, 4.69) is 0 Å². The van der Waals surface area contributed by atoms with Gasteiger partial charge in [0.15, 0.2) is 12.4 Å². The average molecular weight is 479 g/mol. The summed E-state index contributed by atoms with van der Waals surface area (Å²) in [6.45, 7) is 0.327. The molecule has 0 spiro atoms. The molecule has 0 aliphatic carbocycles. The SMILES string of the molecule is COC(=O)[C@H](O)[C@@H](OCc1ccccc1)[C@H](OCc1ccccc1)[C@H](C=O)OCc1ccccc1. The molecular weight excluding hydrogens is 448 g/mol. The number of carbonyl (C=O) groups is 2. The molecule has 0 heterocycles. The first kappa shape index (κ1) is 26.2. The Morgan fingerprint density at radius 2 is 1.11 bits per heavy atom. The van der Waals surface area contributed by atoms with Gasteiger partial charge >= 0.3 is 5.97 Å². The van der Waals surface area contributed by atoms with Gasteiger partial charge in [0.25, 0.3) is 0 Å². The maximum absolute atomic E-state index is 12.3. The molecule has 1 N–H and O–H groups in total. The van der Waals surface area contributed by atoms with Gasteiger partial charge in [0.1, 0.15) is 18.3 Å². The van der Waals surface area contributed by atoms with Crippen LogP contribution in [0.15, 0.2) is 91.0 Å². The third-order valence-electron chi connectivity index (χ3n) is 5.39. The Kier molecular flexibility index (Phi) is 10.6. The summed E-state index contributed by atoms with van der Waals surface area (Å²) in [5, 5.41) is 10.8. The number of ether oxygens (including phenoxy) is 4. The van der Waals surface area contributed by atoms with E-state index in [1.54, 1.807) is 0 Å². The van der Waals surface area contributed by atoms with Crippen LogP contribution in [0.3, 0.4) is 0 Å². The molecule has 35 heavy (non-hydrogen) atoms. The van der Waals surface area contributed by atoms with E-state index in [-0.39, 0.29) is 19.8 Å². The maximum atomic E-state index is 12.3. The molecule has 4 atom stereocenters. The third kappa shape index (κ3) is 8.12. The van der Waals surface area contributed by atoms with Gasteiger partial charge < -0.3 is 28.8 Å². The number of aliphatic hydroxyl groups excluding tert-OH is 1. The van der Waals surface area contributed by atoms with Crippen molar-refractivity contribution in [1.82, 2.24) is 0 Å². The highest BCUT2D eigenvalue weighted by molar-refractivity contribution is 5.75. The minimum absolute atomic E-state index is 0.0784. The second-order valence-electron chi connectivity index (χ2n) is 7.89. The van der Waals surface area contributed by atoms with Gasteiger partial charge in [0, 0.05) is 0 Å². The molecule has 0 saturated carbocycles. The summed E-state index contributed by atoms with van der Waals surface area (Å²) in [4.78, 5) is 24.5. The lowest BCUT2D eigenvalue weighted by Crippen LogP contribution is -2.52. The Morgan fingerprint density at radius 1 is 0.714 bits per heavy atom. The van der Waals surface area contributed by atoms with Crippen LogP contribution in [0, 0.1) is 0 Å². The van der Waals surface area contributed by atoms with Crippen LogP contribution in [0.25, 0.3) is 0 Å². The molecule has 3 rings (SSSR count). The molecule has 0 saturated heterocycles. The predicted octanol–water partition coefficient (Wildman–Crippen LogP) is 3.48. The van der Waals surface area contributed by atoms with Crippen LogP contribution >= 0.6 is 0 Å². The van der Waals surface area contributed by atoms with Gasteiger partial charge in [-0.05, 0) is 16.7 Å². The predicted molar refractivity (Wildman–Crippen MR) is 129 cm³/mol. The molecule has 184 valence electrons.